The smallest absolute Gasteiger partial charge is 0.191 e. The predicted molar refractivity (Wildman–Crippen MR) is 95.2 cm³/mol. The van der Waals surface area contributed by atoms with Crippen molar-refractivity contribution in [1.82, 2.24) is 20.4 Å². The number of rotatable bonds is 4. The highest BCUT2D eigenvalue weighted by Gasteiger charge is 2.16. The molecule has 1 aliphatic rings. The molecule has 6 nitrogen and oxygen atoms in total. The molecule has 7 heteroatoms. The minimum Gasteiger partial charge on any atom is -0.381 e. The summed E-state index contributed by atoms with van der Waals surface area (Å²) in [6.07, 6.45) is 1.13. The van der Waals surface area contributed by atoms with Gasteiger partial charge in [0.05, 0.1) is 12.3 Å². The molecule has 0 aromatic carbocycles. The van der Waals surface area contributed by atoms with Crippen LogP contribution in [0.2, 0.25) is 0 Å². The van der Waals surface area contributed by atoms with Gasteiger partial charge in [-0.1, -0.05) is 0 Å². The molecule has 120 valence electrons. The van der Waals surface area contributed by atoms with Crippen molar-refractivity contribution < 1.29 is 4.74 Å². The van der Waals surface area contributed by atoms with Crippen molar-refractivity contribution in [2.75, 3.05) is 26.8 Å². The van der Waals surface area contributed by atoms with E-state index in [1.807, 2.05) is 18.7 Å². The SMILES string of the molecule is CN=C(NCc1c(C)nn(C)c1C)NCC1CCOC1.I. The van der Waals surface area contributed by atoms with E-state index in [-0.39, 0.29) is 24.0 Å². The first-order chi connectivity index (χ1) is 9.61. The fourth-order valence-electron chi connectivity index (χ4n) is 2.45. The summed E-state index contributed by atoms with van der Waals surface area (Å²) < 4.78 is 7.29. The van der Waals surface area contributed by atoms with Crippen LogP contribution in [0.3, 0.4) is 0 Å². The highest BCUT2D eigenvalue weighted by Crippen LogP contribution is 2.12. The van der Waals surface area contributed by atoms with Crippen LogP contribution in [0, 0.1) is 19.8 Å². The molecule has 0 amide bonds. The zero-order chi connectivity index (χ0) is 14.5. The maximum absolute atomic E-state index is 5.38. The minimum absolute atomic E-state index is 0. The van der Waals surface area contributed by atoms with Crippen molar-refractivity contribution in [3.63, 3.8) is 0 Å². The second kappa shape index (κ2) is 8.57. The maximum atomic E-state index is 5.38. The predicted octanol–water partition coefficient (Wildman–Crippen LogP) is 1.36. The summed E-state index contributed by atoms with van der Waals surface area (Å²) in [5.74, 6) is 1.43. The average Bonchev–Trinajstić information content (AvgIpc) is 3.02. The third-order valence-electron chi connectivity index (χ3n) is 3.90. The second-order valence-electron chi connectivity index (χ2n) is 5.31. The summed E-state index contributed by atoms with van der Waals surface area (Å²) in [6.45, 7) is 7.51. The molecule has 2 N–H and O–H groups in total. The minimum atomic E-state index is 0. The number of guanidine groups is 1. The maximum Gasteiger partial charge on any atom is 0.191 e. The first-order valence-electron chi connectivity index (χ1n) is 7.13. The summed E-state index contributed by atoms with van der Waals surface area (Å²) in [7, 11) is 3.77. The van der Waals surface area contributed by atoms with E-state index >= 15 is 0 Å². The highest BCUT2D eigenvalue weighted by atomic mass is 127. The van der Waals surface area contributed by atoms with E-state index in [2.05, 4.69) is 27.6 Å². The number of nitrogens with one attached hydrogen (secondary N) is 2. The van der Waals surface area contributed by atoms with E-state index in [9.17, 15) is 0 Å². The molecule has 1 aromatic heterocycles. The van der Waals surface area contributed by atoms with Gasteiger partial charge >= 0.3 is 0 Å². The average molecular weight is 407 g/mol. The largest absolute Gasteiger partial charge is 0.381 e. The van der Waals surface area contributed by atoms with E-state index in [4.69, 9.17) is 4.74 Å². The van der Waals surface area contributed by atoms with E-state index < -0.39 is 0 Å². The Balaban J connectivity index is 0.00000220. The van der Waals surface area contributed by atoms with Gasteiger partial charge in [0, 0.05) is 51.0 Å². The Morgan fingerprint density at radius 1 is 1.43 bits per heavy atom. The normalized spacial score (nSPS) is 18.5. The monoisotopic (exact) mass is 407 g/mol. The molecule has 1 aliphatic heterocycles. The molecule has 2 rings (SSSR count). The lowest BCUT2D eigenvalue weighted by atomic mass is 10.1. The Hall–Kier alpha value is -0.830. The lowest BCUT2D eigenvalue weighted by Gasteiger charge is -2.14. The Bertz CT molecular complexity index is 480. The molecule has 2 heterocycles. The van der Waals surface area contributed by atoms with Gasteiger partial charge in [0.25, 0.3) is 0 Å². The molecule has 21 heavy (non-hydrogen) atoms. The van der Waals surface area contributed by atoms with Gasteiger partial charge in [-0.2, -0.15) is 5.10 Å². The lowest BCUT2D eigenvalue weighted by molar-refractivity contribution is 0.186. The summed E-state index contributed by atoms with van der Waals surface area (Å²) in [5, 5.41) is 11.1. The molecule has 1 unspecified atom stereocenters. The molecular weight excluding hydrogens is 381 g/mol. The molecule has 1 saturated heterocycles. The van der Waals surface area contributed by atoms with Gasteiger partial charge in [0.2, 0.25) is 0 Å². The van der Waals surface area contributed by atoms with E-state index in [1.165, 1.54) is 11.3 Å². The fourth-order valence-corrected chi connectivity index (χ4v) is 2.45. The number of hydrogen-bond donors (Lipinski definition) is 2. The van der Waals surface area contributed by atoms with Gasteiger partial charge in [-0.25, -0.2) is 0 Å². The van der Waals surface area contributed by atoms with Crippen LogP contribution >= 0.6 is 24.0 Å². The summed E-state index contributed by atoms with van der Waals surface area (Å²) in [4.78, 5) is 4.26. The molecule has 0 aliphatic carbocycles. The molecule has 1 atom stereocenters. The zero-order valence-corrected chi connectivity index (χ0v) is 15.6. The van der Waals surface area contributed by atoms with Crippen LogP contribution in [-0.4, -0.2) is 42.5 Å². The molecule has 1 aromatic rings. The molecule has 1 fully saturated rings. The standard InChI is InChI=1S/C14H25N5O.HI/c1-10-13(11(2)19(4)18-10)8-17-14(15-3)16-7-12-5-6-20-9-12;/h12H,5-9H2,1-4H3,(H2,15,16,17);1H. The Labute approximate surface area is 143 Å². The van der Waals surface area contributed by atoms with E-state index in [1.54, 1.807) is 7.05 Å². The van der Waals surface area contributed by atoms with Gasteiger partial charge in [0.15, 0.2) is 5.96 Å². The van der Waals surface area contributed by atoms with Gasteiger partial charge < -0.3 is 15.4 Å². The summed E-state index contributed by atoms with van der Waals surface area (Å²) in [5.41, 5.74) is 3.49. The molecule has 0 saturated carbocycles. The second-order valence-corrected chi connectivity index (χ2v) is 5.31. The van der Waals surface area contributed by atoms with Gasteiger partial charge in [0.1, 0.15) is 0 Å². The third kappa shape index (κ3) is 4.84. The van der Waals surface area contributed by atoms with Gasteiger partial charge in [-0.3, -0.25) is 9.67 Å². The zero-order valence-electron chi connectivity index (χ0n) is 13.3. The molecule has 0 radical (unpaired) electrons. The number of aryl methyl sites for hydroxylation is 2. The van der Waals surface area contributed by atoms with Crippen LogP contribution < -0.4 is 10.6 Å². The fraction of sp³-hybridized carbons (Fsp3) is 0.714. The van der Waals surface area contributed by atoms with Crippen LogP contribution in [0.5, 0.6) is 0 Å². The van der Waals surface area contributed by atoms with Crippen molar-refractivity contribution >= 4 is 29.9 Å². The number of ether oxygens (including phenoxy) is 1. The van der Waals surface area contributed by atoms with Crippen molar-refractivity contribution in [2.45, 2.75) is 26.8 Å². The first-order valence-corrected chi connectivity index (χ1v) is 7.13. The van der Waals surface area contributed by atoms with E-state index in [0.29, 0.717) is 5.92 Å². The van der Waals surface area contributed by atoms with Crippen LogP contribution in [-0.2, 0) is 18.3 Å². The van der Waals surface area contributed by atoms with Crippen molar-refractivity contribution in [3.05, 3.63) is 17.0 Å². The van der Waals surface area contributed by atoms with Gasteiger partial charge in [-0.05, 0) is 20.3 Å². The van der Waals surface area contributed by atoms with Crippen LogP contribution in [0.4, 0.5) is 0 Å². The number of hydrogen-bond acceptors (Lipinski definition) is 3. The number of aliphatic imine (C=N–C) groups is 1. The van der Waals surface area contributed by atoms with Crippen LogP contribution in [0.15, 0.2) is 4.99 Å². The quantitative estimate of drug-likeness (QED) is 0.450. The summed E-state index contributed by atoms with van der Waals surface area (Å²) >= 11 is 0. The number of aromatic nitrogens is 2. The number of halogens is 1. The molecule has 0 spiro atoms. The third-order valence-corrected chi connectivity index (χ3v) is 3.90. The Morgan fingerprint density at radius 3 is 2.71 bits per heavy atom. The number of nitrogens with zero attached hydrogens (tertiary/aromatic N) is 3. The summed E-state index contributed by atoms with van der Waals surface area (Å²) in [6, 6.07) is 0. The van der Waals surface area contributed by atoms with E-state index in [0.717, 1.165) is 44.4 Å². The lowest BCUT2D eigenvalue weighted by Crippen LogP contribution is -2.39. The van der Waals surface area contributed by atoms with Crippen molar-refractivity contribution in [1.29, 1.82) is 0 Å². The van der Waals surface area contributed by atoms with Crippen molar-refractivity contribution in [2.24, 2.45) is 18.0 Å². The van der Waals surface area contributed by atoms with Gasteiger partial charge in [-0.15, -0.1) is 24.0 Å². The first kappa shape index (κ1) is 18.2. The molecular formula is C14H26IN5O. The van der Waals surface area contributed by atoms with Crippen LogP contribution in [0.25, 0.3) is 0 Å². The molecule has 0 bridgehead atoms. The van der Waals surface area contributed by atoms with Crippen molar-refractivity contribution in [3.8, 4) is 0 Å². The Morgan fingerprint density at radius 2 is 2.19 bits per heavy atom. The highest BCUT2D eigenvalue weighted by molar-refractivity contribution is 14.0. The topological polar surface area (TPSA) is 63.5 Å². The Kier molecular flexibility index (Phi) is 7.44. The van der Waals surface area contributed by atoms with Crippen LogP contribution in [0.1, 0.15) is 23.4 Å².